The summed E-state index contributed by atoms with van der Waals surface area (Å²) in [4.78, 5) is 11.0. The van der Waals surface area contributed by atoms with Gasteiger partial charge < -0.3 is 0 Å². The molecule has 0 radical (unpaired) electrons. The molecule has 0 saturated carbocycles. The lowest BCUT2D eigenvalue weighted by Gasteiger charge is -2.01. The molecule has 0 aliphatic carbocycles. The van der Waals surface area contributed by atoms with Crippen LogP contribution in [-0.4, -0.2) is 11.1 Å². The van der Waals surface area contributed by atoms with E-state index in [0.29, 0.717) is 0 Å². The molecule has 1 aromatic rings. The molecule has 0 unspecified atom stereocenters. The van der Waals surface area contributed by atoms with Gasteiger partial charge in [0, 0.05) is 5.02 Å². The fourth-order valence-corrected chi connectivity index (χ4v) is 1.34. The predicted molar refractivity (Wildman–Crippen MR) is 49.5 cm³/mol. The van der Waals surface area contributed by atoms with Crippen LogP contribution in [0.4, 0.5) is 8.78 Å². The van der Waals surface area contributed by atoms with Crippen molar-refractivity contribution in [1.29, 1.82) is 0 Å². The largest absolute Gasteiger partial charge is 0.293 e. The van der Waals surface area contributed by atoms with Gasteiger partial charge >= 0.3 is 0 Å². The summed E-state index contributed by atoms with van der Waals surface area (Å²) >= 11 is 8.30. The summed E-state index contributed by atoms with van der Waals surface area (Å²) in [6, 6.07) is 1.92. The van der Waals surface area contributed by atoms with Gasteiger partial charge in [-0.2, -0.15) is 0 Å². The lowest BCUT2D eigenvalue weighted by molar-refractivity contribution is 0.101. The Morgan fingerprint density at radius 2 is 2.08 bits per heavy atom. The van der Waals surface area contributed by atoms with Gasteiger partial charge in [0.05, 0.1) is 10.9 Å². The van der Waals surface area contributed by atoms with Crippen molar-refractivity contribution in [2.45, 2.75) is 0 Å². The van der Waals surface area contributed by atoms with Crippen LogP contribution >= 0.6 is 27.5 Å². The maximum atomic E-state index is 12.9. The number of hydrogen-bond donors (Lipinski definition) is 0. The third-order valence-corrected chi connectivity index (χ3v) is 2.14. The maximum Gasteiger partial charge on any atom is 0.176 e. The minimum absolute atomic E-state index is 0.00296. The summed E-state index contributed by atoms with van der Waals surface area (Å²) in [5.41, 5.74) is -0.332. The Morgan fingerprint density at radius 1 is 1.46 bits per heavy atom. The van der Waals surface area contributed by atoms with E-state index in [9.17, 15) is 13.6 Å². The van der Waals surface area contributed by atoms with Gasteiger partial charge in [0.1, 0.15) is 0 Å². The van der Waals surface area contributed by atoms with Crippen LogP contribution in [-0.2, 0) is 0 Å². The molecule has 13 heavy (non-hydrogen) atoms. The zero-order valence-electron chi connectivity index (χ0n) is 6.28. The molecule has 0 heterocycles. The Hall–Kier alpha value is -0.480. The monoisotopic (exact) mass is 268 g/mol. The minimum Gasteiger partial charge on any atom is -0.293 e. The van der Waals surface area contributed by atoms with Crippen molar-refractivity contribution in [3.63, 3.8) is 0 Å². The summed E-state index contributed by atoms with van der Waals surface area (Å²) in [6.07, 6.45) is 0. The number of ketones is 1. The number of benzene rings is 1. The number of alkyl halides is 1. The second-order valence-electron chi connectivity index (χ2n) is 2.31. The molecule has 0 amide bonds. The fourth-order valence-electron chi connectivity index (χ4n) is 0.831. The molecule has 5 heteroatoms. The summed E-state index contributed by atoms with van der Waals surface area (Å²) in [6.45, 7) is 0. The van der Waals surface area contributed by atoms with Crippen molar-refractivity contribution in [2.24, 2.45) is 0 Å². The molecule has 0 spiro atoms. The molecule has 70 valence electrons. The zero-order chi connectivity index (χ0) is 10.0. The molecule has 0 aromatic heterocycles. The van der Waals surface area contributed by atoms with Gasteiger partial charge in [-0.15, -0.1) is 0 Å². The average molecular weight is 269 g/mol. The fraction of sp³-hybridized carbons (Fsp3) is 0.125. The van der Waals surface area contributed by atoms with Crippen LogP contribution in [0.5, 0.6) is 0 Å². The topological polar surface area (TPSA) is 17.1 Å². The highest BCUT2D eigenvalue weighted by Gasteiger charge is 2.15. The third-order valence-electron chi connectivity index (χ3n) is 1.41. The smallest absolute Gasteiger partial charge is 0.176 e. The van der Waals surface area contributed by atoms with Gasteiger partial charge in [-0.1, -0.05) is 27.5 Å². The second-order valence-corrected chi connectivity index (χ2v) is 3.30. The van der Waals surface area contributed by atoms with Crippen LogP contribution < -0.4 is 0 Å². The lowest BCUT2D eigenvalue weighted by Crippen LogP contribution is -2.05. The first-order valence-electron chi connectivity index (χ1n) is 3.30. The van der Waals surface area contributed by atoms with E-state index < -0.39 is 17.4 Å². The van der Waals surface area contributed by atoms with Crippen molar-refractivity contribution < 1.29 is 13.6 Å². The van der Waals surface area contributed by atoms with Crippen LogP contribution in [0.3, 0.4) is 0 Å². The van der Waals surface area contributed by atoms with E-state index in [1.807, 2.05) is 0 Å². The molecule has 0 aliphatic rings. The highest BCUT2D eigenvalue weighted by atomic mass is 79.9. The zero-order valence-corrected chi connectivity index (χ0v) is 8.62. The van der Waals surface area contributed by atoms with E-state index in [-0.39, 0.29) is 15.9 Å². The first-order chi connectivity index (χ1) is 6.06. The Labute approximate surface area is 86.8 Å². The number of carbonyl (C=O) groups excluding carboxylic acids is 1. The van der Waals surface area contributed by atoms with Gasteiger partial charge in [0.25, 0.3) is 0 Å². The standard InChI is InChI=1S/C8H4BrClF2O/c9-3-7(13)5-1-4(10)2-6(11)8(5)12/h1-2H,3H2. The molecule has 1 aromatic carbocycles. The number of halogens is 4. The summed E-state index contributed by atoms with van der Waals surface area (Å²) in [5, 5.41) is -0.0628. The van der Waals surface area contributed by atoms with Crippen LogP contribution in [0.15, 0.2) is 12.1 Å². The molecule has 0 atom stereocenters. The second kappa shape index (κ2) is 4.15. The predicted octanol–water partition coefficient (Wildman–Crippen LogP) is 3.20. The number of Topliss-reactive ketones (excluding diaryl/α,β-unsaturated/α-hetero) is 1. The molecule has 0 saturated heterocycles. The van der Waals surface area contributed by atoms with Gasteiger partial charge in [-0.3, -0.25) is 4.79 Å². The molecule has 1 rings (SSSR count). The molecule has 0 bridgehead atoms. The first-order valence-corrected chi connectivity index (χ1v) is 4.80. The van der Waals surface area contributed by atoms with E-state index in [1.165, 1.54) is 0 Å². The van der Waals surface area contributed by atoms with Crippen molar-refractivity contribution in [2.75, 3.05) is 5.33 Å². The van der Waals surface area contributed by atoms with E-state index in [0.717, 1.165) is 12.1 Å². The molecular formula is C8H4BrClF2O. The average Bonchev–Trinajstić information content (AvgIpc) is 2.10. The molecule has 1 nitrogen and oxygen atoms in total. The van der Waals surface area contributed by atoms with Crippen molar-refractivity contribution >= 4 is 33.3 Å². The van der Waals surface area contributed by atoms with Crippen molar-refractivity contribution in [3.8, 4) is 0 Å². The van der Waals surface area contributed by atoms with Crippen LogP contribution in [0.1, 0.15) is 10.4 Å². The Morgan fingerprint density at radius 3 is 2.62 bits per heavy atom. The van der Waals surface area contributed by atoms with E-state index in [2.05, 4.69) is 15.9 Å². The summed E-state index contributed by atoms with van der Waals surface area (Å²) in [5.74, 6) is -2.82. The van der Waals surface area contributed by atoms with Crippen LogP contribution in [0.2, 0.25) is 5.02 Å². The van der Waals surface area contributed by atoms with Crippen LogP contribution in [0, 0.1) is 11.6 Å². The highest BCUT2D eigenvalue weighted by Crippen LogP contribution is 2.19. The van der Waals surface area contributed by atoms with E-state index in [1.54, 1.807) is 0 Å². The van der Waals surface area contributed by atoms with Gasteiger partial charge in [0.15, 0.2) is 17.4 Å². The maximum absolute atomic E-state index is 12.9. The third kappa shape index (κ3) is 2.25. The summed E-state index contributed by atoms with van der Waals surface area (Å²) in [7, 11) is 0. The Balaban J connectivity index is 3.28. The SMILES string of the molecule is O=C(CBr)c1cc(Cl)cc(F)c1F. The van der Waals surface area contributed by atoms with Gasteiger partial charge in [0.2, 0.25) is 0 Å². The molecule has 0 N–H and O–H groups in total. The van der Waals surface area contributed by atoms with Gasteiger partial charge in [-0.05, 0) is 12.1 Å². The van der Waals surface area contributed by atoms with Crippen molar-refractivity contribution in [1.82, 2.24) is 0 Å². The highest BCUT2D eigenvalue weighted by molar-refractivity contribution is 9.09. The quantitative estimate of drug-likeness (QED) is 0.458. The summed E-state index contributed by atoms with van der Waals surface area (Å²) < 4.78 is 25.7. The normalized spacial score (nSPS) is 10.2. The van der Waals surface area contributed by atoms with E-state index in [4.69, 9.17) is 11.6 Å². The number of rotatable bonds is 2. The van der Waals surface area contributed by atoms with Crippen LogP contribution in [0.25, 0.3) is 0 Å². The molecular weight excluding hydrogens is 265 g/mol. The Kier molecular flexibility index (Phi) is 3.39. The molecule has 0 aliphatic heterocycles. The van der Waals surface area contributed by atoms with E-state index >= 15 is 0 Å². The number of carbonyl (C=O) groups is 1. The van der Waals surface area contributed by atoms with Crippen molar-refractivity contribution in [3.05, 3.63) is 34.4 Å². The number of hydrogen-bond acceptors (Lipinski definition) is 1. The lowest BCUT2D eigenvalue weighted by atomic mass is 10.1. The first kappa shape index (κ1) is 10.6. The minimum atomic E-state index is -1.16. The van der Waals surface area contributed by atoms with Gasteiger partial charge in [-0.25, -0.2) is 8.78 Å². The Bertz CT molecular complexity index is 354. The molecule has 0 fully saturated rings.